The molecule has 4 rings (SSSR count). The topological polar surface area (TPSA) is 50.2 Å². The molecule has 3 aromatic rings. The van der Waals surface area contributed by atoms with Crippen LogP contribution in [0, 0.1) is 6.92 Å². The van der Waals surface area contributed by atoms with Crippen molar-refractivity contribution in [2.75, 3.05) is 19.6 Å². The highest BCUT2D eigenvalue weighted by Gasteiger charge is 2.28. The molecule has 1 fully saturated rings. The van der Waals surface area contributed by atoms with Crippen molar-refractivity contribution in [2.45, 2.75) is 26.3 Å². The molecule has 2 heterocycles. The van der Waals surface area contributed by atoms with Gasteiger partial charge in [0.15, 0.2) is 0 Å². The molecule has 2 aromatic carbocycles. The largest absolute Gasteiger partial charge is 0.329 e. The molecule has 0 bridgehead atoms. The zero-order valence-electron chi connectivity index (χ0n) is 16.4. The van der Waals surface area contributed by atoms with Gasteiger partial charge in [-0.3, -0.25) is 4.79 Å². The lowest BCUT2D eigenvalue weighted by Crippen LogP contribution is -2.48. The van der Waals surface area contributed by atoms with Gasteiger partial charge in [0.05, 0.1) is 17.4 Å². The summed E-state index contributed by atoms with van der Waals surface area (Å²) < 4.78 is 1.83. The molecule has 1 aliphatic rings. The van der Waals surface area contributed by atoms with E-state index in [-0.39, 0.29) is 11.9 Å². The summed E-state index contributed by atoms with van der Waals surface area (Å²) in [5, 5.41) is 7.85. The van der Waals surface area contributed by atoms with Gasteiger partial charge in [-0.25, -0.2) is 4.68 Å². The number of nitrogens with one attached hydrogen (secondary N) is 1. The number of aromatic nitrogens is 2. The standard InChI is InChI=1S/C23H26N4O/c1-3-18-4-6-19(7-5-18)22-16-24-13-15-26(22)23(28)20-8-10-21(11-9-20)27-14-12-17(2)25-27/h4-12,14,22,24H,3,13,15-16H2,1-2H3. The van der Waals surface area contributed by atoms with E-state index in [1.54, 1.807) is 0 Å². The number of piperazine rings is 1. The summed E-state index contributed by atoms with van der Waals surface area (Å²) in [6.45, 7) is 6.42. The Balaban J connectivity index is 1.56. The van der Waals surface area contributed by atoms with Crippen molar-refractivity contribution in [3.63, 3.8) is 0 Å². The van der Waals surface area contributed by atoms with Crippen LogP contribution < -0.4 is 5.32 Å². The monoisotopic (exact) mass is 374 g/mol. The molecule has 1 amide bonds. The van der Waals surface area contributed by atoms with Crippen LogP contribution >= 0.6 is 0 Å². The van der Waals surface area contributed by atoms with E-state index in [1.807, 2.05) is 53.0 Å². The minimum Gasteiger partial charge on any atom is -0.329 e. The van der Waals surface area contributed by atoms with Gasteiger partial charge in [-0.15, -0.1) is 0 Å². The highest BCUT2D eigenvalue weighted by molar-refractivity contribution is 5.94. The predicted octanol–water partition coefficient (Wildman–Crippen LogP) is 3.53. The van der Waals surface area contributed by atoms with Crippen molar-refractivity contribution in [1.29, 1.82) is 0 Å². The molecule has 5 nitrogen and oxygen atoms in total. The Hall–Kier alpha value is -2.92. The second-order valence-electron chi connectivity index (χ2n) is 7.26. The second kappa shape index (κ2) is 7.98. The highest BCUT2D eigenvalue weighted by Crippen LogP contribution is 2.25. The summed E-state index contributed by atoms with van der Waals surface area (Å²) in [5.74, 6) is 0.0780. The van der Waals surface area contributed by atoms with E-state index >= 15 is 0 Å². The van der Waals surface area contributed by atoms with E-state index in [9.17, 15) is 4.79 Å². The average Bonchev–Trinajstić information content (AvgIpc) is 3.20. The first-order valence-electron chi connectivity index (χ1n) is 9.89. The summed E-state index contributed by atoms with van der Waals surface area (Å²) in [7, 11) is 0. The maximum atomic E-state index is 13.2. The molecule has 1 unspecified atom stereocenters. The molecular weight excluding hydrogens is 348 g/mol. The van der Waals surface area contributed by atoms with E-state index in [1.165, 1.54) is 11.1 Å². The third-order valence-electron chi connectivity index (χ3n) is 5.38. The molecule has 1 atom stereocenters. The molecule has 1 aromatic heterocycles. The first kappa shape index (κ1) is 18.4. The number of rotatable bonds is 4. The summed E-state index contributed by atoms with van der Waals surface area (Å²) in [5.41, 5.74) is 5.13. The van der Waals surface area contributed by atoms with Crippen molar-refractivity contribution in [3.05, 3.63) is 83.2 Å². The van der Waals surface area contributed by atoms with Crippen LogP contribution in [0.2, 0.25) is 0 Å². The number of carbonyl (C=O) groups is 1. The SMILES string of the molecule is CCc1ccc(C2CNCCN2C(=O)c2ccc(-n3ccc(C)n3)cc2)cc1. The Labute approximate surface area is 166 Å². The number of aryl methyl sites for hydroxylation is 2. The van der Waals surface area contributed by atoms with Crippen molar-refractivity contribution in [1.82, 2.24) is 20.0 Å². The minimum atomic E-state index is 0.0561. The van der Waals surface area contributed by atoms with E-state index in [0.29, 0.717) is 12.1 Å². The lowest BCUT2D eigenvalue weighted by atomic mass is 10.00. The fourth-order valence-corrected chi connectivity index (χ4v) is 3.70. The van der Waals surface area contributed by atoms with Crippen molar-refractivity contribution >= 4 is 5.91 Å². The first-order valence-corrected chi connectivity index (χ1v) is 9.89. The molecule has 0 aliphatic carbocycles. The molecular formula is C23H26N4O. The van der Waals surface area contributed by atoms with E-state index in [2.05, 4.69) is 41.6 Å². The van der Waals surface area contributed by atoms with Crippen LogP contribution in [0.5, 0.6) is 0 Å². The summed E-state index contributed by atoms with van der Waals surface area (Å²) >= 11 is 0. The van der Waals surface area contributed by atoms with Gasteiger partial charge in [-0.05, 0) is 54.8 Å². The fourth-order valence-electron chi connectivity index (χ4n) is 3.70. The third kappa shape index (κ3) is 3.71. The molecule has 28 heavy (non-hydrogen) atoms. The normalized spacial score (nSPS) is 16.9. The average molecular weight is 374 g/mol. The van der Waals surface area contributed by atoms with Crippen molar-refractivity contribution < 1.29 is 4.79 Å². The lowest BCUT2D eigenvalue weighted by molar-refractivity contribution is 0.0634. The molecule has 1 saturated heterocycles. The van der Waals surface area contributed by atoms with Gasteiger partial charge in [0.2, 0.25) is 0 Å². The van der Waals surface area contributed by atoms with Crippen LogP contribution in [0.3, 0.4) is 0 Å². The maximum Gasteiger partial charge on any atom is 0.254 e. The van der Waals surface area contributed by atoms with Crippen LogP contribution in [0.4, 0.5) is 0 Å². The van der Waals surface area contributed by atoms with Gasteiger partial charge in [-0.2, -0.15) is 5.10 Å². The zero-order chi connectivity index (χ0) is 19.5. The van der Waals surface area contributed by atoms with E-state index in [0.717, 1.165) is 30.9 Å². The first-order chi connectivity index (χ1) is 13.7. The number of carbonyl (C=O) groups excluding carboxylic acids is 1. The van der Waals surface area contributed by atoms with Gasteiger partial charge in [0.1, 0.15) is 0 Å². The van der Waals surface area contributed by atoms with Gasteiger partial charge < -0.3 is 10.2 Å². The Morgan fingerprint density at radius 3 is 2.50 bits per heavy atom. The molecule has 0 saturated carbocycles. The predicted molar refractivity (Wildman–Crippen MR) is 111 cm³/mol. The Morgan fingerprint density at radius 2 is 1.86 bits per heavy atom. The van der Waals surface area contributed by atoms with Crippen LogP contribution in [-0.4, -0.2) is 40.2 Å². The summed E-state index contributed by atoms with van der Waals surface area (Å²) in [6, 6.07) is 18.3. The van der Waals surface area contributed by atoms with E-state index in [4.69, 9.17) is 0 Å². The highest BCUT2D eigenvalue weighted by atomic mass is 16.2. The van der Waals surface area contributed by atoms with E-state index < -0.39 is 0 Å². The molecule has 0 spiro atoms. The molecule has 1 aliphatic heterocycles. The summed E-state index contributed by atoms with van der Waals surface area (Å²) in [4.78, 5) is 15.2. The van der Waals surface area contributed by atoms with Gasteiger partial charge in [0.25, 0.3) is 5.91 Å². The molecule has 1 N–H and O–H groups in total. The van der Waals surface area contributed by atoms with Gasteiger partial charge in [-0.1, -0.05) is 31.2 Å². The van der Waals surface area contributed by atoms with Crippen molar-refractivity contribution in [2.24, 2.45) is 0 Å². The fraction of sp³-hybridized carbons (Fsp3) is 0.304. The Morgan fingerprint density at radius 1 is 1.11 bits per heavy atom. The van der Waals surface area contributed by atoms with Crippen LogP contribution in [0.1, 0.15) is 40.1 Å². The third-order valence-corrected chi connectivity index (χ3v) is 5.38. The maximum absolute atomic E-state index is 13.2. The van der Waals surface area contributed by atoms with Crippen LogP contribution in [0.15, 0.2) is 60.8 Å². The van der Waals surface area contributed by atoms with Crippen LogP contribution in [-0.2, 0) is 6.42 Å². The molecule has 5 heteroatoms. The quantitative estimate of drug-likeness (QED) is 0.760. The smallest absolute Gasteiger partial charge is 0.254 e. The number of hydrogen-bond donors (Lipinski definition) is 1. The Bertz CT molecular complexity index is 943. The zero-order valence-corrected chi connectivity index (χ0v) is 16.4. The van der Waals surface area contributed by atoms with Gasteiger partial charge >= 0.3 is 0 Å². The number of amides is 1. The molecule has 0 radical (unpaired) electrons. The number of hydrogen-bond acceptors (Lipinski definition) is 3. The molecule has 144 valence electrons. The summed E-state index contributed by atoms with van der Waals surface area (Å²) in [6.07, 6.45) is 2.95. The minimum absolute atomic E-state index is 0.0561. The van der Waals surface area contributed by atoms with Crippen molar-refractivity contribution in [3.8, 4) is 5.69 Å². The van der Waals surface area contributed by atoms with Crippen LogP contribution in [0.25, 0.3) is 5.69 Å². The van der Waals surface area contributed by atoms with Gasteiger partial charge in [0, 0.05) is 31.4 Å². The lowest BCUT2D eigenvalue weighted by Gasteiger charge is -2.36. The number of nitrogens with zero attached hydrogens (tertiary/aromatic N) is 3. The number of benzene rings is 2. The Kier molecular flexibility index (Phi) is 5.26. The second-order valence-corrected chi connectivity index (χ2v) is 7.26.